The summed E-state index contributed by atoms with van der Waals surface area (Å²) in [5, 5.41) is 9.18. The lowest BCUT2D eigenvalue weighted by molar-refractivity contribution is -0.140. The Morgan fingerprint density at radius 2 is 1.20 bits per heavy atom. The van der Waals surface area contributed by atoms with Crippen molar-refractivity contribution >= 4 is 5.97 Å². The van der Waals surface area contributed by atoms with Gasteiger partial charge in [-0.15, -0.1) is 0 Å². The van der Waals surface area contributed by atoms with Gasteiger partial charge >= 0.3 is 5.97 Å². The zero-order chi connectivity index (χ0) is 19.9. The van der Waals surface area contributed by atoms with Gasteiger partial charge in [-0.2, -0.15) is 0 Å². The highest BCUT2D eigenvalue weighted by Gasteiger charge is 2.32. The molecule has 1 unspecified atom stereocenters. The molecule has 0 aromatic carbocycles. The van der Waals surface area contributed by atoms with Gasteiger partial charge < -0.3 is 5.11 Å². The molecular formula is C23H44O2. The van der Waals surface area contributed by atoms with Crippen LogP contribution >= 0.6 is 0 Å². The van der Waals surface area contributed by atoms with Crippen molar-refractivity contribution in [2.75, 3.05) is 0 Å². The third kappa shape index (κ3) is 10.7. The molecule has 0 fully saturated rings. The molecule has 25 heavy (non-hydrogen) atoms. The van der Waals surface area contributed by atoms with Gasteiger partial charge in [-0.05, 0) is 47.3 Å². The van der Waals surface area contributed by atoms with Crippen LogP contribution < -0.4 is 0 Å². The number of hydrogen-bond donors (Lipinski definition) is 1. The number of hydrogen-bond acceptors (Lipinski definition) is 1. The van der Waals surface area contributed by atoms with Gasteiger partial charge in [0, 0.05) is 0 Å². The predicted octanol–water partition coefficient (Wildman–Crippen LogP) is 7.48. The van der Waals surface area contributed by atoms with Crippen LogP contribution in [-0.4, -0.2) is 11.1 Å². The van der Waals surface area contributed by atoms with Crippen molar-refractivity contribution < 1.29 is 9.90 Å². The first kappa shape index (κ1) is 24.2. The fourth-order valence-corrected chi connectivity index (χ4v) is 4.20. The normalized spacial score (nSPS) is 16.2. The molecule has 0 spiro atoms. The second kappa shape index (κ2) is 9.24. The first-order valence-electron chi connectivity index (χ1n) is 10.0. The standard InChI is InChI=1S/C23H44O2/c1-10-20(3,4)17-21(5,6)14-12-13-15-22(7,8)18-23(9,11-2)16-19(24)25/h12-13H,10-11,14-18H2,1-9H3,(H,24,25). The smallest absolute Gasteiger partial charge is 0.303 e. The Bertz CT molecular complexity index is 443. The largest absolute Gasteiger partial charge is 0.481 e. The van der Waals surface area contributed by atoms with Gasteiger partial charge in [0.25, 0.3) is 0 Å². The molecule has 0 radical (unpaired) electrons. The Kier molecular flexibility index (Phi) is 8.94. The summed E-state index contributed by atoms with van der Waals surface area (Å²) in [7, 11) is 0. The van der Waals surface area contributed by atoms with E-state index in [2.05, 4.69) is 74.5 Å². The quantitative estimate of drug-likeness (QED) is 0.369. The molecule has 2 nitrogen and oxygen atoms in total. The van der Waals surface area contributed by atoms with Crippen LogP contribution in [0.5, 0.6) is 0 Å². The van der Waals surface area contributed by atoms with Crippen molar-refractivity contribution in [1.82, 2.24) is 0 Å². The van der Waals surface area contributed by atoms with E-state index >= 15 is 0 Å². The first-order valence-corrected chi connectivity index (χ1v) is 10.0. The Morgan fingerprint density at radius 1 is 0.760 bits per heavy atom. The minimum Gasteiger partial charge on any atom is -0.481 e. The Hall–Kier alpha value is -0.790. The van der Waals surface area contributed by atoms with Crippen LogP contribution in [0.2, 0.25) is 0 Å². The highest BCUT2D eigenvalue weighted by Crippen LogP contribution is 2.42. The lowest BCUT2D eigenvalue weighted by Gasteiger charge is -2.36. The summed E-state index contributed by atoms with van der Waals surface area (Å²) in [4.78, 5) is 11.2. The third-order valence-corrected chi connectivity index (χ3v) is 5.76. The monoisotopic (exact) mass is 352 g/mol. The van der Waals surface area contributed by atoms with Crippen molar-refractivity contribution in [3.63, 3.8) is 0 Å². The van der Waals surface area contributed by atoms with Gasteiger partial charge in [0.15, 0.2) is 0 Å². The SMILES string of the molecule is CCC(C)(C)CC(C)(C)CC=CCC(C)(C)CC(C)(CC)CC(=O)O. The van der Waals surface area contributed by atoms with Crippen LogP contribution in [0.4, 0.5) is 0 Å². The minimum absolute atomic E-state index is 0.117. The number of carboxylic acids is 1. The Labute approximate surface area is 157 Å². The number of carbonyl (C=O) groups is 1. The molecule has 148 valence electrons. The van der Waals surface area contributed by atoms with E-state index < -0.39 is 5.97 Å². The van der Waals surface area contributed by atoms with Crippen LogP contribution in [0.1, 0.15) is 107 Å². The van der Waals surface area contributed by atoms with Crippen molar-refractivity contribution in [2.24, 2.45) is 21.7 Å². The summed E-state index contributed by atoms with van der Waals surface area (Å²) in [6, 6.07) is 0. The maximum absolute atomic E-state index is 11.2. The second-order valence-corrected chi connectivity index (χ2v) is 10.8. The van der Waals surface area contributed by atoms with Crippen LogP contribution in [0, 0.1) is 21.7 Å². The summed E-state index contributed by atoms with van der Waals surface area (Å²) in [6.07, 6.45) is 11.3. The average Bonchev–Trinajstić information content (AvgIpc) is 2.41. The summed E-state index contributed by atoms with van der Waals surface area (Å²) < 4.78 is 0. The summed E-state index contributed by atoms with van der Waals surface area (Å²) >= 11 is 0. The second-order valence-electron chi connectivity index (χ2n) is 10.8. The third-order valence-electron chi connectivity index (χ3n) is 5.76. The zero-order valence-electron chi connectivity index (χ0n) is 18.5. The molecule has 0 saturated carbocycles. The lowest BCUT2D eigenvalue weighted by Crippen LogP contribution is -2.27. The maximum Gasteiger partial charge on any atom is 0.303 e. The number of allylic oxidation sites excluding steroid dienone is 2. The molecule has 0 rings (SSSR count). The van der Waals surface area contributed by atoms with Crippen LogP contribution in [0.25, 0.3) is 0 Å². The molecular weight excluding hydrogens is 308 g/mol. The van der Waals surface area contributed by atoms with Crippen molar-refractivity contribution in [2.45, 2.75) is 107 Å². The summed E-state index contributed by atoms with van der Waals surface area (Å²) in [6.45, 7) is 20.5. The molecule has 0 heterocycles. The highest BCUT2D eigenvalue weighted by atomic mass is 16.4. The van der Waals surface area contributed by atoms with Gasteiger partial charge in [0.2, 0.25) is 0 Å². The van der Waals surface area contributed by atoms with E-state index in [4.69, 9.17) is 0 Å². The van der Waals surface area contributed by atoms with E-state index in [1.54, 1.807) is 0 Å². The molecule has 0 bridgehead atoms. The Balaban J connectivity index is 4.67. The van der Waals surface area contributed by atoms with Crippen molar-refractivity contribution in [3.8, 4) is 0 Å². The van der Waals surface area contributed by atoms with Gasteiger partial charge in [0.05, 0.1) is 6.42 Å². The van der Waals surface area contributed by atoms with Gasteiger partial charge in [-0.1, -0.05) is 87.3 Å². The van der Waals surface area contributed by atoms with Gasteiger partial charge in [0.1, 0.15) is 0 Å². The first-order chi connectivity index (χ1) is 11.2. The molecule has 0 amide bonds. The maximum atomic E-state index is 11.2. The number of rotatable bonds is 12. The highest BCUT2D eigenvalue weighted by molar-refractivity contribution is 5.67. The summed E-state index contributed by atoms with van der Waals surface area (Å²) in [5.41, 5.74) is 0.731. The van der Waals surface area contributed by atoms with Crippen LogP contribution in [-0.2, 0) is 4.79 Å². The molecule has 0 aliphatic heterocycles. The van der Waals surface area contributed by atoms with Crippen molar-refractivity contribution in [1.29, 1.82) is 0 Å². The molecule has 0 aromatic rings. The minimum atomic E-state index is -0.684. The van der Waals surface area contributed by atoms with E-state index in [1.807, 2.05) is 0 Å². The zero-order valence-corrected chi connectivity index (χ0v) is 18.5. The van der Waals surface area contributed by atoms with Crippen LogP contribution in [0.15, 0.2) is 12.2 Å². The molecule has 0 aliphatic carbocycles. The van der Waals surface area contributed by atoms with E-state index in [9.17, 15) is 9.90 Å². The predicted molar refractivity (Wildman–Crippen MR) is 110 cm³/mol. The average molecular weight is 353 g/mol. The van der Waals surface area contributed by atoms with E-state index in [-0.39, 0.29) is 17.3 Å². The topological polar surface area (TPSA) is 37.3 Å². The molecule has 1 N–H and O–H groups in total. The van der Waals surface area contributed by atoms with Crippen LogP contribution in [0.3, 0.4) is 0 Å². The molecule has 0 saturated heterocycles. The fraction of sp³-hybridized carbons (Fsp3) is 0.870. The van der Waals surface area contributed by atoms with E-state index in [0.29, 0.717) is 10.8 Å². The van der Waals surface area contributed by atoms with Crippen molar-refractivity contribution in [3.05, 3.63) is 12.2 Å². The van der Waals surface area contributed by atoms with Gasteiger partial charge in [-0.3, -0.25) is 4.79 Å². The fourth-order valence-electron chi connectivity index (χ4n) is 4.20. The lowest BCUT2D eigenvalue weighted by atomic mass is 9.69. The number of aliphatic carboxylic acids is 1. The van der Waals surface area contributed by atoms with E-state index in [1.165, 1.54) is 12.8 Å². The molecule has 1 atom stereocenters. The van der Waals surface area contributed by atoms with E-state index in [0.717, 1.165) is 25.7 Å². The number of carboxylic acid groups (broad SMARTS) is 1. The molecule has 0 aliphatic rings. The molecule has 2 heteroatoms. The molecule has 0 aromatic heterocycles. The van der Waals surface area contributed by atoms with Gasteiger partial charge in [-0.25, -0.2) is 0 Å². The summed E-state index contributed by atoms with van der Waals surface area (Å²) in [5.74, 6) is -0.684. The Morgan fingerprint density at radius 3 is 1.56 bits per heavy atom.